The molecule has 0 radical (unpaired) electrons. The largest absolute Gasteiger partial charge is 0.198 e. The van der Waals surface area contributed by atoms with Crippen molar-refractivity contribution in [1.82, 2.24) is 0 Å². The zero-order valence-electron chi connectivity index (χ0n) is 10.1. The van der Waals surface area contributed by atoms with Gasteiger partial charge in [-0.25, -0.2) is 0 Å². The van der Waals surface area contributed by atoms with Gasteiger partial charge in [-0.2, -0.15) is 5.26 Å². The van der Waals surface area contributed by atoms with Crippen molar-refractivity contribution in [2.24, 2.45) is 16.7 Å². The van der Waals surface area contributed by atoms with Crippen LogP contribution in [0.1, 0.15) is 59.8 Å². The van der Waals surface area contributed by atoms with Crippen LogP contribution >= 0.6 is 0 Å². The van der Waals surface area contributed by atoms with Crippen LogP contribution in [0.3, 0.4) is 0 Å². The van der Waals surface area contributed by atoms with Gasteiger partial charge in [-0.1, -0.05) is 27.7 Å². The van der Waals surface area contributed by atoms with E-state index < -0.39 is 0 Å². The van der Waals surface area contributed by atoms with E-state index in [1.807, 2.05) is 0 Å². The van der Waals surface area contributed by atoms with E-state index in [2.05, 4.69) is 33.8 Å². The molecule has 1 nitrogen and oxygen atoms in total. The second-order valence-corrected chi connectivity index (χ2v) is 5.89. The Kier molecular flexibility index (Phi) is 3.24. The molecular formula is C13H23N. The van der Waals surface area contributed by atoms with Gasteiger partial charge in [-0.15, -0.1) is 0 Å². The van der Waals surface area contributed by atoms with E-state index in [0.29, 0.717) is 5.41 Å². The highest BCUT2D eigenvalue weighted by molar-refractivity contribution is 5.01. The van der Waals surface area contributed by atoms with Crippen LogP contribution in [-0.2, 0) is 0 Å². The van der Waals surface area contributed by atoms with E-state index in [1.54, 1.807) is 0 Å². The molecule has 0 aromatic rings. The monoisotopic (exact) mass is 193 g/mol. The van der Waals surface area contributed by atoms with Crippen molar-refractivity contribution < 1.29 is 0 Å². The van der Waals surface area contributed by atoms with Crippen LogP contribution < -0.4 is 0 Å². The zero-order valence-corrected chi connectivity index (χ0v) is 10.1. The molecule has 1 fully saturated rings. The van der Waals surface area contributed by atoms with E-state index >= 15 is 0 Å². The third-order valence-electron chi connectivity index (χ3n) is 4.08. The second-order valence-electron chi connectivity index (χ2n) is 5.89. The minimum Gasteiger partial charge on any atom is -0.198 e. The van der Waals surface area contributed by atoms with Gasteiger partial charge in [0.25, 0.3) is 0 Å². The third kappa shape index (κ3) is 2.29. The molecule has 0 bridgehead atoms. The highest BCUT2D eigenvalue weighted by Gasteiger charge is 2.37. The maximum atomic E-state index is 9.18. The molecule has 1 saturated carbocycles. The van der Waals surface area contributed by atoms with Gasteiger partial charge in [-0.05, 0) is 43.4 Å². The molecule has 0 heterocycles. The van der Waals surface area contributed by atoms with Crippen molar-refractivity contribution >= 4 is 0 Å². The lowest BCUT2D eigenvalue weighted by molar-refractivity contribution is 0.118. The van der Waals surface area contributed by atoms with Crippen molar-refractivity contribution in [1.29, 1.82) is 5.26 Å². The van der Waals surface area contributed by atoms with Gasteiger partial charge in [-0.3, -0.25) is 0 Å². The van der Waals surface area contributed by atoms with Gasteiger partial charge in [0.2, 0.25) is 0 Å². The number of nitrogens with zero attached hydrogens (tertiary/aromatic N) is 1. The number of nitriles is 1. The van der Waals surface area contributed by atoms with Crippen molar-refractivity contribution in [3.63, 3.8) is 0 Å². The van der Waals surface area contributed by atoms with Crippen molar-refractivity contribution in [2.45, 2.75) is 59.8 Å². The topological polar surface area (TPSA) is 23.8 Å². The van der Waals surface area contributed by atoms with E-state index in [-0.39, 0.29) is 5.41 Å². The molecule has 1 aliphatic carbocycles. The van der Waals surface area contributed by atoms with Crippen molar-refractivity contribution in [3.8, 4) is 6.07 Å². The molecule has 0 spiro atoms. The quantitative estimate of drug-likeness (QED) is 0.614. The van der Waals surface area contributed by atoms with Gasteiger partial charge in [0.05, 0.1) is 11.5 Å². The molecule has 0 aromatic heterocycles. The first-order valence-electron chi connectivity index (χ1n) is 5.85. The maximum Gasteiger partial charge on any atom is 0.0689 e. The fourth-order valence-electron chi connectivity index (χ4n) is 2.58. The minimum atomic E-state index is 0.0156. The third-order valence-corrected chi connectivity index (χ3v) is 4.08. The van der Waals surface area contributed by atoms with Crippen LogP contribution in [0.15, 0.2) is 0 Å². The molecule has 1 aliphatic rings. The van der Waals surface area contributed by atoms with E-state index in [0.717, 1.165) is 25.2 Å². The van der Waals surface area contributed by atoms with E-state index in [1.165, 1.54) is 12.8 Å². The molecule has 0 aliphatic heterocycles. The minimum absolute atomic E-state index is 0.0156. The van der Waals surface area contributed by atoms with Crippen LogP contribution in [0.5, 0.6) is 0 Å². The van der Waals surface area contributed by atoms with Crippen LogP contribution in [0.4, 0.5) is 0 Å². The molecule has 80 valence electrons. The smallest absolute Gasteiger partial charge is 0.0689 e. The lowest BCUT2D eigenvalue weighted by Crippen LogP contribution is -2.31. The van der Waals surface area contributed by atoms with Crippen LogP contribution in [-0.4, -0.2) is 0 Å². The van der Waals surface area contributed by atoms with Gasteiger partial charge in [0, 0.05) is 0 Å². The molecule has 0 saturated heterocycles. The predicted molar refractivity (Wildman–Crippen MR) is 59.8 cm³/mol. The molecule has 0 N–H and O–H groups in total. The molecule has 0 unspecified atom stereocenters. The highest BCUT2D eigenvalue weighted by atomic mass is 14.4. The van der Waals surface area contributed by atoms with Crippen molar-refractivity contribution in [2.75, 3.05) is 0 Å². The molecule has 0 aromatic carbocycles. The lowest BCUT2D eigenvalue weighted by Gasteiger charge is -2.40. The molecule has 0 atom stereocenters. The SMILES string of the molecule is CCC1(C#N)CCC(C(C)(C)C)CC1. The molecular weight excluding hydrogens is 170 g/mol. The van der Waals surface area contributed by atoms with Crippen LogP contribution in [0.25, 0.3) is 0 Å². The Morgan fingerprint density at radius 1 is 1.29 bits per heavy atom. The Bertz CT molecular complexity index is 221. The first-order valence-corrected chi connectivity index (χ1v) is 5.85. The average molecular weight is 193 g/mol. The number of hydrogen-bond acceptors (Lipinski definition) is 1. The number of rotatable bonds is 1. The first-order chi connectivity index (χ1) is 6.43. The summed E-state index contributed by atoms with van der Waals surface area (Å²) in [7, 11) is 0. The highest BCUT2D eigenvalue weighted by Crippen LogP contribution is 2.46. The van der Waals surface area contributed by atoms with E-state index in [4.69, 9.17) is 0 Å². The summed E-state index contributed by atoms with van der Waals surface area (Å²) >= 11 is 0. The Labute approximate surface area is 88.5 Å². The zero-order chi connectivity index (χ0) is 10.8. The Hall–Kier alpha value is -0.510. The Balaban J connectivity index is 2.59. The fraction of sp³-hybridized carbons (Fsp3) is 0.923. The van der Waals surface area contributed by atoms with Crippen LogP contribution in [0, 0.1) is 28.1 Å². The average Bonchev–Trinajstić information content (AvgIpc) is 2.16. The summed E-state index contributed by atoms with van der Waals surface area (Å²) in [6.45, 7) is 9.12. The molecule has 1 rings (SSSR count). The normalized spacial score (nSPS) is 33.8. The summed E-state index contributed by atoms with van der Waals surface area (Å²) in [6.07, 6.45) is 5.74. The van der Waals surface area contributed by atoms with Gasteiger partial charge < -0.3 is 0 Å². The summed E-state index contributed by atoms with van der Waals surface area (Å²) in [6, 6.07) is 2.54. The standard InChI is InChI=1S/C13H23N/c1-5-13(10-14)8-6-11(7-9-13)12(2,3)4/h11H,5-9H2,1-4H3. The summed E-state index contributed by atoms with van der Waals surface area (Å²) in [5.74, 6) is 0.815. The summed E-state index contributed by atoms with van der Waals surface area (Å²) in [5.41, 5.74) is 0.442. The fourth-order valence-corrected chi connectivity index (χ4v) is 2.58. The predicted octanol–water partition coefficient (Wildman–Crippen LogP) is 4.14. The Morgan fingerprint density at radius 2 is 1.79 bits per heavy atom. The van der Waals surface area contributed by atoms with Gasteiger partial charge in [0.1, 0.15) is 0 Å². The second kappa shape index (κ2) is 3.93. The molecule has 0 amide bonds. The lowest BCUT2D eigenvalue weighted by atomic mass is 9.64. The van der Waals surface area contributed by atoms with Crippen LogP contribution in [0.2, 0.25) is 0 Å². The summed E-state index contributed by atoms with van der Waals surface area (Å²) < 4.78 is 0. The van der Waals surface area contributed by atoms with Crippen molar-refractivity contribution in [3.05, 3.63) is 0 Å². The number of hydrogen-bond donors (Lipinski definition) is 0. The summed E-state index contributed by atoms with van der Waals surface area (Å²) in [4.78, 5) is 0. The van der Waals surface area contributed by atoms with E-state index in [9.17, 15) is 5.26 Å². The molecule has 14 heavy (non-hydrogen) atoms. The maximum absolute atomic E-state index is 9.18. The first kappa shape index (κ1) is 11.6. The summed E-state index contributed by atoms with van der Waals surface area (Å²) in [5, 5.41) is 9.18. The van der Waals surface area contributed by atoms with Gasteiger partial charge in [0.15, 0.2) is 0 Å². The Morgan fingerprint density at radius 3 is 2.07 bits per heavy atom. The van der Waals surface area contributed by atoms with Gasteiger partial charge >= 0.3 is 0 Å². The molecule has 1 heteroatoms.